The van der Waals surface area contributed by atoms with Crippen LogP contribution in [0.5, 0.6) is 0 Å². The van der Waals surface area contributed by atoms with Crippen LogP contribution < -0.4 is 5.73 Å². The molecule has 2 unspecified atom stereocenters. The molecule has 0 aliphatic carbocycles. The number of alkyl halides is 1. The van der Waals surface area contributed by atoms with Gasteiger partial charge in [0, 0.05) is 5.54 Å². The Hall–Kier alpha value is -0.440. The Morgan fingerprint density at radius 3 is 2.36 bits per heavy atom. The average Bonchev–Trinajstić information content (AvgIpc) is 1.82. The Labute approximate surface area is 67.0 Å². The second kappa shape index (κ2) is 3.81. The Morgan fingerprint density at radius 2 is 2.09 bits per heavy atom. The molecule has 0 radical (unpaired) electrons. The third kappa shape index (κ3) is 4.90. The Kier molecular flexibility index (Phi) is 3.66. The van der Waals surface area contributed by atoms with Crippen LogP contribution in [0.1, 0.15) is 27.2 Å². The molecule has 0 spiro atoms. The number of hydrogen-bond donors (Lipinski definition) is 1. The summed E-state index contributed by atoms with van der Waals surface area (Å²) in [6.45, 7) is 5.33. The molecule has 2 nitrogen and oxygen atoms in total. The van der Waals surface area contributed by atoms with E-state index in [1.807, 2.05) is 13.8 Å². The molecule has 2 atom stereocenters. The highest BCUT2D eigenvalue weighted by atomic mass is 19.1. The van der Waals surface area contributed by atoms with E-state index in [0.29, 0.717) is 12.7 Å². The number of carbonyl (C=O) groups excluding carboxylic acids is 1. The number of carbonyl (C=O) groups is 1. The maximum Gasteiger partial charge on any atom is 0.158 e. The predicted molar refractivity (Wildman–Crippen MR) is 43.0 cm³/mol. The minimum Gasteiger partial charge on any atom is -0.326 e. The molecule has 0 aromatic carbocycles. The van der Waals surface area contributed by atoms with E-state index in [1.54, 1.807) is 6.92 Å². The van der Waals surface area contributed by atoms with Crippen molar-refractivity contribution < 1.29 is 9.18 Å². The van der Waals surface area contributed by atoms with Gasteiger partial charge in [-0.15, -0.1) is 0 Å². The van der Waals surface area contributed by atoms with Gasteiger partial charge >= 0.3 is 0 Å². The van der Waals surface area contributed by atoms with Gasteiger partial charge in [-0.05, 0) is 26.2 Å². The number of aldehydes is 1. The van der Waals surface area contributed by atoms with Crippen molar-refractivity contribution in [2.45, 2.75) is 38.9 Å². The highest BCUT2D eigenvalue weighted by molar-refractivity contribution is 5.56. The Bertz CT molecular complexity index is 131. The van der Waals surface area contributed by atoms with Crippen molar-refractivity contribution in [3.05, 3.63) is 0 Å². The second-order valence-corrected chi connectivity index (χ2v) is 3.75. The maximum absolute atomic E-state index is 12.6. The topological polar surface area (TPSA) is 43.1 Å². The van der Waals surface area contributed by atoms with Crippen molar-refractivity contribution in [2.24, 2.45) is 11.7 Å². The second-order valence-electron chi connectivity index (χ2n) is 3.75. The van der Waals surface area contributed by atoms with Crippen molar-refractivity contribution in [2.75, 3.05) is 0 Å². The first-order valence-electron chi connectivity index (χ1n) is 3.75. The molecule has 0 aromatic rings. The van der Waals surface area contributed by atoms with Gasteiger partial charge in [-0.25, -0.2) is 4.39 Å². The van der Waals surface area contributed by atoms with Crippen LogP contribution >= 0.6 is 0 Å². The summed E-state index contributed by atoms with van der Waals surface area (Å²) < 4.78 is 12.6. The minimum atomic E-state index is -1.38. The zero-order chi connectivity index (χ0) is 9.07. The standard InChI is InChI=1S/C8H16FNO/c1-6(7(9)5-11)4-8(2,3)10/h5-7H,4,10H2,1-3H3. The number of nitrogens with two attached hydrogens (primary N) is 1. The van der Waals surface area contributed by atoms with Gasteiger partial charge in [-0.2, -0.15) is 0 Å². The smallest absolute Gasteiger partial charge is 0.158 e. The van der Waals surface area contributed by atoms with E-state index in [2.05, 4.69) is 0 Å². The van der Waals surface area contributed by atoms with Gasteiger partial charge in [-0.3, -0.25) is 0 Å². The van der Waals surface area contributed by atoms with Gasteiger partial charge in [0.1, 0.15) is 0 Å². The normalized spacial score (nSPS) is 17.5. The summed E-state index contributed by atoms with van der Waals surface area (Å²) in [4.78, 5) is 10.0. The van der Waals surface area contributed by atoms with Gasteiger partial charge in [0.05, 0.1) is 0 Å². The summed E-state index contributed by atoms with van der Waals surface area (Å²) in [6, 6.07) is 0. The molecule has 0 fully saturated rings. The molecule has 0 bridgehead atoms. The summed E-state index contributed by atoms with van der Waals surface area (Å²) in [7, 11) is 0. The molecular formula is C8H16FNO. The lowest BCUT2D eigenvalue weighted by atomic mass is 9.90. The number of rotatable bonds is 4. The molecule has 0 aliphatic heterocycles. The molecule has 0 aromatic heterocycles. The summed E-state index contributed by atoms with van der Waals surface area (Å²) in [5.74, 6) is -0.285. The maximum atomic E-state index is 12.6. The summed E-state index contributed by atoms with van der Waals surface area (Å²) in [6.07, 6.45) is -0.527. The average molecular weight is 161 g/mol. The van der Waals surface area contributed by atoms with E-state index in [0.717, 1.165) is 0 Å². The van der Waals surface area contributed by atoms with Crippen LogP contribution in [-0.2, 0) is 4.79 Å². The van der Waals surface area contributed by atoms with E-state index in [-0.39, 0.29) is 5.92 Å². The van der Waals surface area contributed by atoms with Crippen LogP contribution in [0.4, 0.5) is 4.39 Å². The zero-order valence-corrected chi connectivity index (χ0v) is 7.30. The zero-order valence-electron chi connectivity index (χ0n) is 7.30. The van der Waals surface area contributed by atoms with Crippen molar-refractivity contribution in [1.29, 1.82) is 0 Å². The van der Waals surface area contributed by atoms with E-state index in [4.69, 9.17) is 5.73 Å². The van der Waals surface area contributed by atoms with Crippen LogP contribution in [0, 0.1) is 5.92 Å². The SMILES string of the molecule is CC(CC(C)(C)N)C(F)C=O. The lowest BCUT2D eigenvalue weighted by molar-refractivity contribution is -0.113. The third-order valence-electron chi connectivity index (χ3n) is 1.52. The highest BCUT2D eigenvalue weighted by Crippen LogP contribution is 2.17. The fourth-order valence-electron chi connectivity index (χ4n) is 1.08. The van der Waals surface area contributed by atoms with Crippen molar-refractivity contribution in [1.82, 2.24) is 0 Å². The van der Waals surface area contributed by atoms with Crippen LogP contribution in [0.15, 0.2) is 0 Å². The molecule has 0 aliphatic rings. The molecular weight excluding hydrogens is 145 g/mol. The summed E-state index contributed by atoms with van der Waals surface area (Å²) in [5, 5.41) is 0. The van der Waals surface area contributed by atoms with Crippen molar-refractivity contribution in [3.8, 4) is 0 Å². The van der Waals surface area contributed by atoms with Gasteiger partial charge in [0.15, 0.2) is 12.5 Å². The molecule has 66 valence electrons. The summed E-state index contributed by atoms with van der Waals surface area (Å²) >= 11 is 0. The monoisotopic (exact) mass is 161 g/mol. The third-order valence-corrected chi connectivity index (χ3v) is 1.52. The Balaban J connectivity index is 3.86. The van der Waals surface area contributed by atoms with Crippen LogP contribution in [0.3, 0.4) is 0 Å². The van der Waals surface area contributed by atoms with Gasteiger partial charge in [-0.1, -0.05) is 6.92 Å². The first-order valence-corrected chi connectivity index (χ1v) is 3.75. The molecule has 2 N–H and O–H groups in total. The largest absolute Gasteiger partial charge is 0.326 e. The fourth-order valence-corrected chi connectivity index (χ4v) is 1.08. The van der Waals surface area contributed by atoms with Crippen molar-refractivity contribution >= 4 is 6.29 Å². The molecule has 3 heteroatoms. The van der Waals surface area contributed by atoms with Crippen LogP contribution in [0.2, 0.25) is 0 Å². The van der Waals surface area contributed by atoms with Crippen LogP contribution in [0.25, 0.3) is 0 Å². The summed E-state index contributed by atoms with van der Waals surface area (Å²) in [5.41, 5.74) is 5.25. The molecule has 11 heavy (non-hydrogen) atoms. The number of hydrogen-bond acceptors (Lipinski definition) is 2. The molecule has 0 amide bonds. The quantitative estimate of drug-likeness (QED) is 0.631. The Morgan fingerprint density at radius 1 is 1.64 bits per heavy atom. The molecule has 0 rings (SSSR count). The fraction of sp³-hybridized carbons (Fsp3) is 0.875. The first kappa shape index (κ1) is 10.6. The highest BCUT2D eigenvalue weighted by Gasteiger charge is 2.22. The lowest BCUT2D eigenvalue weighted by Gasteiger charge is -2.23. The van der Waals surface area contributed by atoms with E-state index >= 15 is 0 Å². The van der Waals surface area contributed by atoms with Gasteiger partial charge < -0.3 is 10.5 Å². The molecule has 0 saturated carbocycles. The van der Waals surface area contributed by atoms with E-state index in [9.17, 15) is 9.18 Å². The van der Waals surface area contributed by atoms with Gasteiger partial charge in [0.25, 0.3) is 0 Å². The minimum absolute atomic E-state index is 0.285. The van der Waals surface area contributed by atoms with Gasteiger partial charge in [0.2, 0.25) is 0 Å². The number of halogens is 1. The predicted octanol–water partition coefficient (Wildman–Crippen LogP) is 1.29. The first-order chi connectivity index (χ1) is 4.87. The molecule has 0 saturated heterocycles. The van der Waals surface area contributed by atoms with Crippen molar-refractivity contribution in [3.63, 3.8) is 0 Å². The lowest BCUT2D eigenvalue weighted by Crippen LogP contribution is -2.36. The van der Waals surface area contributed by atoms with E-state index in [1.165, 1.54) is 0 Å². The molecule has 0 heterocycles. The van der Waals surface area contributed by atoms with Crippen LogP contribution in [-0.4, -0.2) is 18.0 Å². The van der Waals surface area contributed by atoms with E-state index < -0.39 is 11.7 Å².